The van der Waals surface area contributed by atoms with Crippen LogP contribution in [0.5, 0.6) is 0 Å². The van der Waals surface area contributed by atoms with Crippen molar-refractivity contribution >= 4 is 35.1 Å². The van der Waals surface area contributed by atoms with Gasteiger partial charge in [-0.25, -0.2) is 13.6 Å². The average Bonchev–Trinajstić information content (AvgIpc) is 2.67. The lowest BCUT2D eigenvalue weighted by Crippen LogP contribution is -2.35. The molecule has 0 spiro atoms. The van der Waals surface area contributed by atoms with E-state index in [2.05, 4.69) is 16.0 Å². The second kappa shape index (κ2) is 9.93. The van der Waals surface area contributed by atoms with Crippen LogP contribution in [0.25, 0.3) is 0 Å². The minimum absolute atomic E-state index is 0.0219. The molecule has 0 bridgehead atoms. The molecule has 0 aromatic heterocycles. The molecule has 8 nitrogen and oxygen atoms in total. The molecular formula is C19H17F2N3O5. The molecule has 0 heterocycles. The second-order valence-corrected chi connectivity index (χ2v) is 5.79. The van der Waals surface area contributed by atoms with Gasteiger partial charge in [0.05, 0.1) is 12.1 Å². The first-order valence-electron chi connectivity index (χ1n) is 8.31. The molecule has 0 aliphatic rings. The minimum Gasteiger partial charge on any atom is -0.452 e. The van der Waals surface area contributed by atoms with Crippen LogP contribution in [0.2, 0.25) is 0 Å². The van der Waals surface area contributed by atoms with Crippen molar-refractivity contribution in [3.63, 3.8) is 0 Å². The van der Waals surface area contributed by atoms with E-state index in [1.165, 1.54) is 25.1 Å². The Morgan fingerprint density at radius 1 is 0.897 bits per heavy atom. The molecule has 2 aromatic rings. The molecule has 3 N–H and O–H groups in total. The van der Waals surface area contributed by atoms with Gasteiger partial charge in [0, 0.05) is 24.4 Å². The smallest absolute Gasteiger partial charge is 0.338 e. The number of rotatable bonds is 7. The number of benzene rings is 2. The quantitative estimate of drug-likeness (QED) is 0.609. The van der Waals surface area contributed by atoms with Gasteiger partial charge in [0.15, 0.2) is 18.2 Å². The SMILES string of the molecule is CC(=O)Nc1cccc(C(=O)OCC(=O)NCC(=O)Nc2ccc(F)c(F)c2)c1. The molecule has 10 heteroatoms. The van der Waals surface area contributed by atoms with Crippen LogP contribution in [0.1, 0.15) is 17.3 Å². The zero-order valence-electron chi connectivity index (χ0n) is 15.3. The maximum atomic E-state index is 13.1. The van der Waals surface area contributed by atoms with Gasteiger partial charge < -0.3 is 20.7 Å². The normalized spacial score (nSPS) is 10.0. The molecule has 0 aliphatic heterocycles. The summed E-state index contributed by atoms with van der Waals surface area (Å²) in [6.07, 6.45) is 0. The number of nitrogens with one attached hydrogen (secondary N) is 3. The Morgan fingerprint density at radius 3 is 2.31 bits per heavy atom. The molecule has 3 amide bonds. The summed E-state index contributed by atoms with van der Waals surface area (Å²) in [7, 11) is 0. The van der Waals surface area contributed by atoms with E-state index in [-0.39, 0.29) is 17.2 Å². The molecule has 152 valence electrons. The summed E-state index contributed by atoms with van der Waals surface area (Å²) < 4.78 is 30.8. The largest absolute Gasteiger partial charge is 0.452 e. The number of anilines is 2. The highest BCUT2D eigenvalue weighted by molar-refractivity contribution is 5.96. The number of carbonyl (C=O) groups is 4. The van der Waals surface area contributed by atoms with Crippen molar-refractivity contribution in [3.8, 4) is 0 Å². The molecule has 0 saturated heterocycles. The van der Waals surface area contributed by atoms with Gasteiger partial charge in [0.2, 0.25) is 11.8 Å². The zero-order valence-corrected chi connectivity index (χ0v) is 15.3. The molecule has 0 fully saturated rings. The average molecular weight is 405 g/mol. The lowest BCUT2D eigenvalue weighted by molar-refractivity contribution is -0.126. The van der Waals surface area contributed by atoms with Crippen molar-refractivity contribution in [3.05, 3.63) is 59.7 Å². The van der Waals surface area contributed by atoms with Crippen LogP contribution in [0.4, 0.5) is 20.2 Å². The fourth-order valence-electron chi connectivity index (χ4n) is 2.15. The van der Waals surface area contributed by atoms with Crippen LogP contribution in [0, 0.1) is 11.6 Å². The van der Waals surface area contributed by atoms with E-state index in [1.54, 1.807) is 6.07 Å². The van der Waals surface area contributed by atoms with Crippen molar-refractivity contribution in [2.45, 2.75) is 6.92 Å². The summed E-state index contributed by atoms with van der Waals surface area (Å²) in [6, 6.07) is 8.75. The molecule has 2 aromatic carbocycles. The molecule has 2 rings (SSSR count). The number of ether oxygens (including phenoxy) is 1. The van der Waals surface area contributed by atoms with Crippen molar-refractivity contribution < 1.29 is 32.7 Å². The van der Waals surface area contributed by atoms with Crippen LogP contribution in [0.15, 0.2) is 42.5 Å². The topological polar surface area (TPSA) is 114 Å². The summed E-state index contributed by atoms with van der Waals surface area (Å²) in [5.41, 5.74) is 0.541. The third-order valence-corrected chi connectivity index (χ3v) is 3.40. The van der Waals surface area contributed by atoms with Crippen molar-refractivity contribution in [2.75, 3.05) is 23.8 Å². The molecule has 0 saturated carbocycles. The molecule has 0 aliphatic carbocycles. The third kappa shape index (κ3) is 7.01. The van der Waals surface area contributed by atoms with E-state index in [0.29, 0.717) is 5.69 Å². The standard InChI is InChI=1S/C19H17F2N3O5/c1-11(25)23-13-4-2-3-12(7-13)19(28)29-10-18(27)22-9-17(26)24-14-5-6-15(20)16(21)8-14/h2-8H,9-10H2,1H3,(H,22,27)(H,23,25)(H,24,26). The van der Waals surface area contributed by atoms with Crippen molar-refractivity contribution in [2.24, 2.45) is 0 Å². The van der Waals surface area contributed by atoms with Crippen molar-refractivity contribution in [1.82, 2.24) is 5.32 Å². The monoisotopic (exact) mass is 405 g/mol. The number of carbonyl (C=O) groups excluding carboxylic acids is 4. The van der Waals surface area contributed by atoms with Gasteiger partial charge in [-0.05, 0) is 30.3 Å². The number of amides is 3. The first kappa shape index (κ1) is 21.5. The lowest BCUT2D eigenvalue weighted by Gasteiger charge is -2.09. The summed E-state index contributed by atoms with van der Waals surface area (Å²) >= 11 is 0. The second-order valence-electron chi connectivity index (χ2n) is 5.79. The molecule has 29 heavy (non-hydrogen) atoms. The van der Waals surface area contributed by atoms with Crippen LogP contribution in [-0.2, 0) is 19.1 Å². The van der Waals surface area contributed by atoms with Gasteiger partial charge in [-0.1, -0.05) is 6.07 Å². The highest BCUT2D eigenvalue weighted by Crippen LogP contribution is 2.13. The van der Waals surface area contributed by atoms with E-state index in [1.807, 2.05) is 0 Å². The Morgan fingerprint density at radius 2 is 1.62 bits per heavy atom. The minimum atomic E-state index is -1.12. The van der Waals surface area contributed by atoms with Gasteiger partial charge in [-0.3, -0.25) is 14.4 Å². The number of hydrogen-bond acceptors (Lipinski definition) is 5. The summed E-state index contributed by atoms with van der Waals surface area (Å²) in [5.74, 6) is -4.70. The molecule has 0 unspecified atom stereocenters. The Bertz CT molecular complexity index is 949. The van der Waals surface area contributed by atoms with Crippen LogP contribution < -0.4 is 16.0 Å². The van der Waals surface area contributed by atoms with Crippen LogP contribution >= 0.6 is 0 Å². The molecule has 0 radical (unpaired) electrons. The summed E-state index contributed by atoms with van der Waals surface area (Å²) in [4.78, 5) is 46.4. The summed E-state index contributed by atoms with van der Waals surface area (Å²) in [6.45, 7) is 0.215. The van der Waals surface area contributed by atoms with Crippen molar-refractivity contribution in [1.29, 1.82) is 0 Å². The van der Waals surface area contributed by atoms with E-state index >= 15 is 0 Å². The fourth-order valence-corrected chi connectivity index (χ4v) is 2.15. The van der Waals surface area contributed by atoms with Crippen LogP contribution in [-0.4, -0.2) is 36.8 Å². The Kier molecular flexibility index (Phi) is 7.35. The number of halogens is 2. The third-order valence-electron chi connectivity index (χ3n) is 3.40. The first-order chi connectivity index (χ1) is 13.7. The molecule has 0 atom stereocenters. The zero-order chi connectivity index (χ0) is 21.4. The van der Waals surface area contributed by atoms with E-state index in [0.717, 1.165) is 18.2 Å². The molecular weight excluding hydrogens is 388 g/mol. The van der Waals surface area contributed by atoms with E-state index in [9.17, 15) is 28.0 Å². The van der Waals surface area contributed by atoms with Gasteiger partial charge >= 0.3 is 5.97 Å². The highest BCUT2D eigenvalue weighted by Gasteiger charge is 2.12. The maximum absolute atomic E-state index is 13.1. The van der Waals surface area contributed by atoms with Gasteiger partial charge in [0.25, 0.3) is 5.91 Å². The van der Waals surface area contributed by atoms with E-state index < -0.39 is 42.6 Å². The van der Waals surface area contributed by atoms with Crippen LogP contribution in [0.3, 0.4) is 0 Å². The van der Waals surface area contributed by atoms with E-state index in [4.69, 9.17) is 4.74 Å². The number of hydrogen-bond donors (Lipinski definition) is 3. The Hall–Kier alpha value is -3.82. The Balaban J connectivity index is 1.77. The maximum Gasteiger partial charge on any atom is 0.338 e. The lowest BCUT2D eigenvalue weighted by atomic mass is 10.2. The van der Waals surface area contributed by atoms with Gasteiger partial charge in [-0.15, -0.1) is 0 Å². The highest BCUT2D eigenvalue weighted by atomic mass is 19.2. The predicted molar refractivity (Wildman–Crippen MR) is 99.0 cm³/mol. The fraction of sp³-hybridized carbons (Fsp3) is 0.158. The van der Waals surface area contributed by atoms with Gasteiger partial charge in [0.1, 0.15) is 0 Å². The van der Waals surface area contributed by atoms with Gasteiger partial charge in [-0.2, -0.15) is 0 Å². The Labute approximate surface area is 164 Å². The first-order valence-corrected chi connectivity index (χ1v) is 8.31. The summed E-state index contributed by atoms with van der Waals surface area (Å²) in [5, 5.41) is 7.00. The number of esters is 1. The predicted octanol–water partition coefficient (Wildman–Crippen LogP) is 1.83.